The van der Waals surface area contributed by atoms with Crippen molar-refractivity contribution in [2.45, 2.75) is 38.1 Å². The number of carbonyl (C=O) groups is 1. The molecule has 7 heteroatoms. The van der Waals surface area contributed by atoms with Crippen molar-refractivity contribution in [1.29, 1.82) is 0 Å². The number of nitrogens with zero attached hydrogens (tertiary/aromatic N) is 2. The Bertz CT molecular complexity index is 493. The summed E-state index contributed by atoms with van der Waals surface area (Å²) < 4.78 is 5.38. The molecule has 1 unspecified atom stereocenters. The summed E-state index contributed by atoms with van der Waals surface area (Å²) in [6, 6.07) is 0.0891. The molecule has 2 fully saturated rings. The molecule has 0 bridgehead atoms. The van der Waals surface area contributed by atoms with E-state index >= 15 is 0 Å². The van der Waals surface area contributed by atoms with Gasteiger partial charge < -0.3 is 20.7 Å². The molecule has 2 aliphatic rings. The molecule has 1 aromatic rings. The number of nitrogen functional groups attached to an aromatic ring is 1. The zero-order valence-corrected chi connectivity index (χ0v) is 13.0. The second kappa shape index (κ2) is 6.62. The first-order chi connectivity index (χ1) is 10.2. The number of nitrogens with two attached hydrogens (primary N) is 1. The Balaban J connectivity index is 1.66. The quantitative estimate of drug-likeness (QED) is 0.887. The number of rotatable bonds is 3. The van der Waals surface area contributed by atoms with Gasteiger partial charge in [-0.3, -0.25) is 4.79 Å². The molecule has 21 heavy (non-hydrogen) atoms. The van der Waals surface area contributed by atoms with E-state index in [1.807, 2.05) is 0 Å². The van der Waals surface area contributed by atoms with Crippen molar-refractivity contribution in [3.63, 3.8) is 0 Å². The Labute approximate surface area is 128 Å². The molecule has 3 rings (SSSR count). The first-order valence-corrected chi connectivity index (χ1v) is 8.45. The lowest BCUT2D eigenvalue weighted by Crippen LogP contribution is -2.40. The van der Waals surface area contributed by atoms with Gasteiger partial charge in [-0.05, 0) is 32.1 Å². The van der Waals surface area contributed by atoms with Crippen LogP contribution >= 0.6 is 11.3 Å². The average Bonchev–Trinajstić information content (AvgIpc) is 2.91. The number of carbonyl (C=O) groups excluding carboxylic acids is 1. The highest BCUT2D eigenvalue weighted by Crippen LogP contribution is 2.30. The van der Waals surface area contributed by atoms with Crippen molar-refractivity contribution in [1.82, 2.24) is 10.3 Å². The highest BCUT2D eigenvalue weighted by atomic mass is 32.1. The van der Waals surface area contributed by atoms with Crippen LogP contribution in [0.4, 0.5) is 10.9 Å². The number of hydrogen-bond donors (Lipinski definition) is 2. The lowest BCUT2D eigenvalue weighted by Gasteiger charge is -2.25. The van der Waals surface area contributed by atoms with E-state index in [4.69, 9.17) is 10.5 Å². The van der Waals surface area contributed by atoms with Crippen LogP contribution in [0.25, 0.3) is 0 Å². The summed E-state index contributed by atoms with van der Waals surface area (Å²) >= 11 is 1.40. The number of piperidine rings is 1. The predicted octanol–water partition coefficient (Wildman–Crippen LogP) is 1.62. The van der Waals surface area contributed by atoms with Crippen LogP contribution in [0, 0.1) is 0 Å². The minimum atomic E-state index is -0.122. The third-order valence-electron chi connectivity index (χ3n) is 3.97. The second-order valence-corrected chi connectivity index (χ2v) is 6.62. The molecule has 6 nitrogen and oxygen atoms in total. The van der Waals surface area contributed by atoms with E-state index in [-0.39, 0.29) is 11.9 Å². The Morgan fingerprint density at radius 2 is 2.14 bits per heavy atom. The number of hydrogen-bond acceptors (Lipinski definition) is 6. The minimum Gasteiger partial charge on any atom is -0.382 e. The average molecular weight is 310 g/mol. The van der Waals surface area contributed by atoms with Crippen molar-refractivity contribution in [3.8, 4) is 0 Å². The van der Waals surface area contributed by atoms with Gasteiger partial charge in [-0.1, -0.05) is 11.3 Å². The number of anilines is 2. The Kier molecular flexibility index (Phi) is 4.60. The van der Waals surface area contributed by atoms with E-state index in [1.165, 1.54) is 30.6 Å². The van der Waals surface area contributed by atoms with Crippen LogP contribution in [0.1, 0.15) is 41.8 Å². The second-order valence-electron chi connectivity index (χ2n) is 5.65. The van der Waals surface area contributed by atoms with E-state index < -0.39 is 0 Å². The fourth-order valence-corrected chi connectivity index (χ4v) is 3.75. The Morgan fingerprint density at radius 3 is 2.86 bits per heavy atom. The molecule has 3 N–H and O–H groups in total. The monoisotopic (exact) mass is 310 g/mol. The zero-order chi connectivity index (χ0) is 14.7. The fraction of sp³-hybridized carbons (Fsp3) is 0.714. The smallest absolute Gasteiger partial charge is 0.265 e. The van der Waals surface area contributed by atoms with E-state index in [0.717, 1.165) is 37.7 Å². The van der Waals surface area contributed by atoms with Gasteiger partial charge in [-0.2, -0.15) is 0 Å². The van der Waals surface area contributed by atoms with Crippen LogP contribution in [0.15, 0.2) is 0 Å². The first-order valence-electron chi connectivity index (χ1n) is 7.64. The molecule has 0 saturated carbocycles. The summed E-state index contributed by atoms with van der Waals surface area (Å²) in [7, 11) is 0. The van der Waals surface area contributed by atoms with Gasteiger partial charge in [-0.25, -0.2) is 4.98 Å². The van der Waals surface area contributed by atoms with E-state index in [9.17, 15) is 4.79 Å². The van der Waals surface area contributed by atoms with Crippen LogP contribution in [0.2, 0.25) is 0 Å². The number of aromatic nitrogens is 1. The molecule has 0 spiro atoms. The van der Waals surface area contributed by atoms with Crippen LogP contribution in [-0.2, 0) is 4.74 Å². The van der Waals surface area contributed by atoms with Crippen molar-refractivity contribution < 1.29 is 9.53 Å². The van der Waals surface area contributed by atoms with Crippen molar-refractivity contribution >= 4 is 28.2 Å². The maximum atomic E-state index is 12.3. The van der Waals surface area contributed by atoms with Crippen LogP contribution in [-0.4, -0.2) is 43.2 Å². The highest BCUT2D eigenvalue weighted by molar-refractivity contribution is 7.18. The molecule has 0 radical (unpaired) electrons. The third kappa shape index (κ3) is 3.47. The van der Waals surface area contributed by atoms with E-state index in [2.05, 4.69) is 15.2 Å². The Hall–Kier alpha value is -1.34. The maximum Gasteiger partial charge on any atom is 0.265 e. The summed E-state index contributed by atoms with van der Waals surface area (Å²) in [5.41, 5.74) is 5.93. The summed E-state index contributed by atoms with van der Waals surface area (Å²) in [6.07, 6.45) is 5.58. The van der Waals surface area contributed by atoms with Gasteiger partial charge in [0.05, 0.1) is 12.6 Å². The zero-order valence-electron chi connectivity index (χ0n) is 12.1. The standard InChI is InChI=1S/C14H22N4O2S/c15-12-11(13(19)16-10-5-4-8-20-9-10)21-14(17-12)18-6-2-1-3-7-18/h10H,1-9,15H2,(H,16,19). The predicted molar refractivity (Wildman–Crippen MR) is 83.9 cm³/mol. The summed E-state index contributed by atoms with van der Waals surface area (Å²) in [4.78, 5) is 19.5. The minimum absolute atomic E-state index is 0.0891. The molecule has 3 heterocycles. The van der Waals surface area contributed by atoms with Crippen molar-refractivity contribution in [2.24, 2.45) is 0 Å². The topological polar surface area (TPSA) is 80.5 Å². The van der Waals surface area contributed by atoms with Gasteiger partial charge in [0.1, 0.15) is 10.7 Å². The summed E-state index contributed by atoms with van der Waals surface area (Å²) in [6.45, 7) is 3.38. The molecule has 2 saturated heterocycles. The molecular formula is C14H22N4O2S. The normalized spacial score (nSPS) is 23.0. The lowest BCUT2D eigenvalue weighted by atomic mass is 10.1. The molecule has 116 valence electrons. The fourth-order valence-electron chi connectivity index (χ4n) is 2.81. The summed E-state index contributed by atoms with van der Waals surface area (Å²) in [5, 5.41) is 3.87. The molecule has 1 aromatic heterocycles. The van der Waals surface area contributed by atoms with Crippen molar-refractivity contribution in [3.05, 3.63) is 4.88 Å². The molecule has 2 aliphatic heterocycles. The highest BCUT2D eigenvalue weighted by Gasteiger charge is 2.23. The van der Waals surface area contributed by atoms with Crippen LogP contribution in [0.5, 0.6) is 0 Å². The van der Waals surface area contributed by atoms with Gasteiger partial charge in [0.25, 0.3) is 5.91 Å². The molecule has 1 amide bonds. The maximum absolute atomic E-state index is 12.3. The van der Waals surface area contributed by atoms with Gasteiger partial charge in [0, 0.05) is 19.7 Å². The molecular weight excluding hydrogens is 288 g/mol. The number of thiazole rings is 1. The Morgan fingerprint density at radius 1 is 1.33 bits per heavy atom. The van der Waals surface area contributed by atoms with Gasteiger partial charge in [0.2, 0.25) is 0 Å². The molecule has 0 aliphatic carbocycles. The third-order valence-corrected chi connectivity index (χ3v) is 5.10. The first kappa shape index (κ1) is 14.6. The van der Waals surface area contributed by atoms with Crippen LogP contribution < -0.4 is 16.0 Å². The van der Waals surface area contributed by atoms with E-state index in [1.54, 1.807) is 0 Å². The van der Waals surface area contributed by atoms with Gasteiger partial charge >= 0.3 is 0 Å². The van der Waals surface area contributed by atoms with Crippen LogP contribution in [0.3, 0.4) is 0 Å². The largest absolute Gasteiger partial charge is 0.382 e. The van der Waals surface area contributed by atoms with Gasteiger partial charge in [0.15, 0.2) is 5.13 Å². The lowest BCUT2D eigenvalue weighted by molar-refractivity contribution is 0.0626. The van der Waals surface area contributed by atoms with Gasteiger partial charge in [-0.15, -0.1) is 0 Å². The number of ether oxygens (including phenoxy) is 1. The SMILES string of the molecule is Nc1nc(N2CCCCC2)sc1C(=O)NC1CCCOC1. The number of nitrogens with one attached hydrogen (secondary N) is 1. The molecule has 1 atom stereocenters. The molecule has 0 aromatic carbocycles. The number of amides is 1. The summed E-state index contributed by atoms with van der Waals surface area (Å²) in [5.74, 6) is 0.221. The van der Waals surface area contributed by atoms with E-state index in [0.29, 0.717) is 17.3 Å². The van der Waals surface area contributed by atoms with Crippen molar-refractivity contribution in [2.75, 3.05) is 36.9 Å².